The van der Waals surface area contributed by atoms with Gasteiger partial charge in [0.05, 0.1) is 12.1 Å². The van der Waals surface area contributed by atoms with Crippen molar-refractivity contribution in [3.05, 3.63) is 89.4 Å². The molecule has 7 nitrogen and oxygen atoms in total. The second-order valence-corrected chi connectivity index (χ2v) is 8.01. The number of benzene rings is 1. The summed E-state index contributed by atoms with van der Waals surface area (Å²) in [7, 11) is -2.75. The molecule has 10 heteroatoms. The molecule has 2 aliphatic heterocycles. The molecule has 4 rings (SSSR count). The fourth-order valence-corrected chi connectivity index (χ4v) is 3.67. The van der Waals surface area contributed by atoms with Gasteiger partial charge in [0.1, 0.15) is 0 Å². The first-order valence-electron chi connectivity index (χ1n) is 11.3. The van der Waals surface area contributed by atoms with E-state index >= 15 is 0 Å². The lowest BCUT2D eigenvalue weighted by molar-refractivity contribution is -0.197. The van der Waals surface area contributed by atoms with Crippen LogP contribution in [0.1, 0.15) is 42.6 Å². The Hall–Kier alpha value is -4.34. The zero-order chi connectivity index (χ0) is 25.5. The molecule has 2 amide bonds. The number of carbonyl (C=O) groups is 3. The smallest absolute Gasteiger partial charge is 0.330 e. The van der Waals surface area contributed by atoms with E-state index in [0.29, 0.717) is 22.2 Å². The Morgan fingerprint density at radius 1 is 0.972 bits per heavy atom. The predicted molar refractivity (Wildman–Crippen MR) is 133 cm³/mol. The number of hydroxylamine groups is 2. The molecule has 2 aliphatic rings. The molecule has 0 bridgehead atoms. The molecule has 3 heterocycles. The molecular weight excluding hydrogens is 467 g/mol. The second kappa shape index (κ2) is 11.4. The lowest BCUT2D eigenvalue weighted by Gasteiger charge is -2.12. The molecule has 2 aromatic rings. The lowest BCUT2D eigenvalue weighted by Crippen LogP contribution is -2.32. The number of aromatic nitrogens is 1. The van der Waals surface area contributed by atoms with Crippen molar-refractivity contribution < 1.29 is 27.9 Å². The Labute approximate surface area is 206 Å². The van der Waals surface area contributed by atoms with Gasteiger partial charge in [-0.2, -0.15) is 0 Å². The van der Waals surface area contributed by atoms with E-state index < -0.39 is 25.2 Å². The van der Waals surface area contributed by atoms with Crippen molar-refractivity contribution in [2.75, 3.05) is 0 Å². The SMILES string of the molecule is O=C(CCC1=N/C(=C\c2ccc(/C=C/C=C/c3ccccc3)n2B(F)F)C=C1)ON1C(=O)CCC1=O. The molecule has 1 fully saturated rings. The summed E-state index contributed by atoms with van der Waals surface area (Å²) >= 11 is 0. The van der Waals surface area contributed by atoms with Gasteiger partial charge in [0, 0.05) is 36.4 Å². The first-order chi connectivity index (χ1) is 17.4. The van der Waals surface area contributed by atoms with Gasteiger partial charge in [-0.05, 0) is 42.0 Å². The van der Waals surface area contributed by atoms with Crippen LogP contribution in [0.5, 0.6) is 0 Å². The van der Waals surface area contributed by atoms with Gasteiger partial charge in [0.15, 0.2) is 0 Å². The van der Waals surface area contributed by atoms with Gasteiger partial charge >= 0.3 is 13.4 Å². The van der Waals surface area contributed by atoms with E-state index in [0.717, 1.165) is 10.0 Å². The Balaban J connectivity index is 1.38. The molecule has 0 spiro atoms. The third-order valence-corrected chi connectivity index (χ3v) is 5.44. The maximum atomic E-state index is 13.8. The van der Waals surface area contributed by atoms with Crippen LogP contribution in [0.15, 0.2) is 77.5 Å². The van der Waals surface area contributed by atoms with Crippen molar-refractivity contribution in [1.82, 2.24) is 9.54 Å². The standard InChI is InChI=1S/C26H22BF2N3O4/c28-27(29)31-22(9-5-4-8-19-6-2-1-3-7-19)13-14-23(31)18-21-11-10-20(30-21)12-17-26(35)36-32-24(33)15-16-25(32)34/h1-11,13-14,18H,12,15-17H2/b8-4+,9-5+,21-18-. The third kappa shape index (κ3) is 6.21. The van der Waals surface area contributed by atoms with E-state index in [2.05, 4.69) is 4.99 Å². The number of nitrogens with zero attached hydrogens (tertiary/aromatic N) is 3. The summed E-state index contributed by atoms with van der Waals surface area (Å²) in [6.45, 7) is 0. The van der Waals surface area contributed by atoms with Crippen LogP contribution in [0.4, 0.5) is 8.63 Å². The number of aliphatic imine (C=N–C) groups is 1. The van der Waals surface area contributed by atoms with Gasteiger partial charge in [0.2, 0.25) is 0 Å². The quantitative estimate of drug-likeness (QED) is 0.290. The largest absolute Gasteiger partial charge is 0.678 e. The minimum atomic E-state index is -2.75. The lowest BCUT2D eigenvalue weighted by atomic mass is 10.2. The highest BCUT2D eigenvalue weighted by atomic mass is 19.2. The topological polar surface area (TPSA) is 81.0 Å². The van der Waals surface area contributed by atoms with Gasteiger partial charge in [-0.25, -0.2) is 4.79 Å². The van der Waals surface area contributed by atoms with Crippen LogP contribution in [-0.4, -0.2) is 40.4 Å². The van der Waals surface area contributed by atoms with Crippen molar-refractivity contribution in [3.63, 3.8) is 0 Å². The summed E-state index contributed by atoms with van der Waals surface area (Å²) < 4.78 is 28.5. The van der Waals surface area contributed by atoms with Crippen molar-refractivity contribution in [2.24, 2.45) is 4.99 Å². The first-order valence-corrected chi connectivity index (χ1v) is 11.3. The monoisotopic (exact) mass is 489 g/mol. The highest BCUT2D eigenvalue weighted by Gasteiger charge is 2.32. The number of hydrogen-bond acceptors (Lipinski definition) is 5. The van der Waals surface area contributed by atoms with Gasteiger partial charge in [-0.1, -0.05) is 48.6 Å². The number of imide groups is 1. The number of allylic oxidation sites excluding steroid dienone is 4. The fourth-order valence-electron chi connectivity index (χ4n) is 3.67. The number of halogens is 2. The van der Waals surface area contributed by atoms with E-state index in [9.17, 15) is 23.0 Å². The number of carbonyl (C=O) groups excluding carboxylic acids is 3. The van der Waals surface area contributed by atoms with Crippen LogP contribution in [0, 0.1) is 0 Å². The van der Waals surface area contributed by atoms with Gasteiger partial charge in [-0.15, -0.1) is 5.06 Å². The Morgan fingerprint density at radius 2 is 1.67 bits per heavy atom. The van der Waals surface area contributed by atoms with Crippen molar-refractivity contribution in [1.29, 1.82) is 0 Å². The predicted octanol–water partition coefficient (Wildman–Crippen LogP) is 4.73. The van der Waals surface area contributed by atoms with Crippen molar-refractivity contribution >= 4 is 49.1 Å². The first kappa shape index (κ1) is 24.8. The molecule has 0 unspecified atom stereocenters. The minimum absolute atomic E-state index is 0.0257. The maximum absolute atomic E-state index is 13.8. The third-order valence-electron chi connectivity index (χ3n) is 5.44. The van der Waals surface area contributed by atoms with E-state index in [4.69, 9.17) is 4.84 Å². The molecule has 0 N–H and O–H groups in total. The Morgan fingerprint density at radius 3 is 2.39 bits per heavy atom. The van der Waals surface area contributed by atoms with Gasteiger partial charge < -0.3 is 9.32 Å². The van der Waals surface area contributed by atoms with Crippen LogP contribution in [0.3, 0.4) is 0 Å². The zero-order valence-electron chi connectivity index (χ0n) is 19.2. The minimum Gasteiger partial charge on any atom is -0.330 e. The van der Waals surface area contributed by atoms with Crippen LogP contribution >= 0.6 is 0 Å². The Bertz CT molecular complexity index is 1290. The van der Waals surface area contributed by atoms with Crippen molar-refractivity contribution in [2.45, 2.75) is 25.7 Å². The highest BCUT2D eigenvalue weighted by Crippen LogP contribution is 2.21. The summed E-state index contributed by atoms with van der Waals surface area (Å²) in [5.41, 5.74) is 2.65. The summed E-state index contributed by atoms with van der Waals surface area (Å²) in [4.78, 5) is 44.2. The molecule has 0 saturated carbocycles. The zero-order valence-corrected chi connectivity index (χ0v) is 19.2. The molecule has 0 radical (unpaired) electrons. The number of rotatable bonds is 9. The van der Waals surface area contributed by atoms with Crippen LogP contribution in [0.25, 0.3) is 18.2 Å². The van der Waals surface area contributed by atoms with E-state index in [1.54, 1.807) is 42.5 Å². The molecule has 182 valence electrons. The molecular formula is C26H22BF2N3O4. The van der Waals surface area contributed by atoms with E-state index in [1.165, 1.54) is 6.08 Å². The average Bonchev–Trinajstić information content (AvgIpc) is 3.57. The summed E-state index contributed by atoms with van der Waals surface area (Å²) in [5.74, 6) is -1.81. The maximum Gasteiger partial charge on any atom is 0.678 e. The summed E-state index contributed by atoms with van der Waals surface area (Å²) in [5, 5.41) is 0.502. The van der Waals surface area contributed by atoms with Gasteiger partial charge in [0.25, 0.3) is 11.8 Å². The molecule has 1 aromatic heterocycles. The van der Waals surface area contributed by atoms with Gasteiger partial charge in [-0.3, -0.25) is 23.2 Å². The molecule has 0 aliphatic carbocycles. The summed E-state index contributed by atoms with van der Waals surface area (Å²) in [6, 6.07) is 12.8. The molecule has 1 aromatic carbocycles. The molecule has 36 heavy (non-hydrogen) atoms. The van der Waals surface area contributed by atoms with Crippen molar-refractivity contribution in [3.8, 4) is 0 Å². The van der Waals surface area contributed by atoms with E-state index in [1.807, 2.05) is 36.4 Å². The summed E-state index contributed by atoms with van der Waals surface area (Å²) in [6.07, 6.45) is 12.0. The highest BCUT2D eigenvalue weighted by molar-refractivity contribution is 6.41. The number of amides is 2. The number of hydrogen-bond donors (Lipinski definition) is 0. The van der Waals surface area contributed by atoms with Crippen LogP contribution in [-0.2, 0) is 19.2 Å². The van der Waals surface area contributed by atoms with Crippen LogP contribution in [0.2, 0.25) is 0 Å². The normalized spacial score (nSPS) is 16.7. The van der Waals surface area contributed by atoms with Crippen LogP contribution < -0.4 is 0 Å². The molecule has 0 atom stereocenters. The van der Waals surface area contributed by atoms with E-state index in [-0.39, 0.29) is 31.4 Å². The fraction of sp³-hybridized carbons (Fsp3) is 0.154. The average molecular weight is 489 g/mol. The Kier molecular flexibility index (Phi) is 7.84. The molecule has 1 saturated heterocycles. The second-order valence-electron chi connectivity index (χ2n) is 8.01.